The van der Waals surface area contributed by atoms with Crippen molar-refractivity contribution in [1.82, 2.24) is 13.7 Å². The molecule has 0 saturated carbocycles. The first-order valence-electron chi connectivity index (χ1n) is 26.1. The standard InChI is InChI=1S/C72H48N4/c1-4-16-55(17-5-1)74-67-25-13-10-22-61(67)64-46-52(34-43-70(64)74)49-28-37-58(38-29-49)73(59-39-30-50(31-40-59)53-35-44-71-65(47-53)62-23-11-14-26-68(62)75(71)56-18-6-2-7-19-56)60-41-32-51(33-42-60)54-36-45-72-66(48-54)63-24-12-15-27-69(63)76(72)57-20-8-3-9-21-57/h1-48H. The fraction of sp³-hybridized carbons (Fsp3) is 0. The number of aromatic nitrogens is 3. The van der Waals surface area contributed by atoms with Gasteiger partial charge in [-0.05, 0) is 161 Å². The number of nitrogens with zero attached hydrogens (tertiary/aromatic N) is 4. The Balaban J connectivity index is 0.812. The van der Waals surface area contributed by atoms with E-state index in [0.717, 1.165) is 34.1 Å². The van der Waals surface area contributed by atoms with Crippen LogP contribution in [0.4, 0.5) is 17.1 Å². The summed E-state index contributed by atoms with van der Waals surface area (Å²) in [4.78, 5) is 2.38. The highest BCUT2D eigenvalue weighted by atomic mass is 15.1. The minimum atomic E-state index is 1.08. The van der Waals surface area contributed by atoms with E-state index in [2.05, 4.69) is 310 Å². The van der Waals surface area contributed by atoms with Gasteiger partial charge in [-0.3, -0.25) is 0 Å². The second-order valence-electron chi connectivity index (χ2n) is 19.7. The van der Waals surface area contributed by atoms with E-state index in [0.29, 0.717) is 0 Å². The molecule has 0 fully saturated rings. The molecule has 4 nitrogen and oxygen atoms in total. The molecule has 3 heterocycles. The van der Waals surface area contributed by atoms with E-state index in [1.165, 1.54) is 98.8 Å². The molecule has 0 amide bonds. The van der Waals surface area contributed by atoms with Gasteiger partial charge in [0.15, 0.2) is 0 Å². The van der Waals surface area contributed by atoms with Gasteiger partial charge < -0.3 is 18.6 Å². The van der Waals surface area contributed by atoms with Crippen molar-refractivity contribution in [2.75, 3.05) is 4.90 Å². The van der Waals surface area contributed by atoms with Crippen molar-refractivity contribution in [3.05, 3.63) is 291 Å². The first kappa shape index (κ1) is 43.4. The average Bonchev–Trinajstić information content (AvgIpc) is 4.15. The number of hydrogen-bond donors (Lipinski definition) is 0. The van der Waals surface area contributed by atoms with Crippen LogP contribution in [-0.2, 0) is 0 Å². The monoisotopic (exact) mass is 968 g/mol. The van der Waals surface area contributed by atoms with Gasteiger partial charge >= 0.3 is 0 Å². The Bertz CT molecular complexity index is 4170. The number of para-hydroxylation sites is 6. The predicted octanol–water partition coefficient (Wildman–Crippen LogP) is 19.4. The fourth-order valence-electron chi connectivity index (χ4n) is 11.9. The molecule has 0 N–H and O–H groups in total. The summed E-state index contributed by atoms with van der Waals surface area (Å²) in [6.45, 7) is 0. The van der Waals surface area contributed by atoms with Crippen molar-refractivity contribution in [1.29, 1.82) is 0 Å². The Hall–Kier alpha value is -10.2. The highest BCUT2D eigenvalue weighted by Gasteiger charge is 2.19. The van der Waals surface area contributed by atoms with E-state index in [9.17, 15) is 0 Å². The van der Waals surface area contributed by atoms with E-state index >= 15 is 0 Å². The lowest BCUT2D eigenvalue weighted by molar-refractivity contribution is 1.18. The van der Waals surface area contributed by atoms with Gasteiger partial charge in [0.05, 0.1) is 33.1 Å². The van der Waals surface area contributed by atoms with Crippen LogP contribution < -0.4 is 4.90 Å². The van der Waals surface area contributed by atoms with Gasteiger partial charge in [-0.25, -0.2) is 0 Å². The van der Waals surface area contributed by atoms with E-state index < -0.39 is 0 Å². The van der Waals surface area contributed by atoms with E-state index in [1.54, 1.807) is 0 Å². The molecule has 12 aromatic carbocycles. The molecule has 0 aliphatic carbocycles. The van der Waals surface area contributed by atoms with Gasteiger partial charge in [-0.1, -0.05) is 164 Å². The van der Waals surface area contributed by atoms with Crippen LogP contribution in [0.25, 0.3) is 116 Å². The second kappa shape index (κ2) is 17.8. The topological polar surface area (TPSA) is 18.0 Å². The minimum absolute atomic E-state index is 1.08. The Morgan fingerprint density at radius 1 is 0.184 bits per heavy atom. The zero-order chi connectivity index (χ0) is 50.1. The number of rotatable bonds is 9. The van der Waals surface area contributed by atoms with Gasteiger partial charge in [0.1, 0.15) is 0 Å². The maximum atomic E-state index is 2.38. The Morgan fingerprint density at radius 2 is 0.421 bits per heavy atom. The van der Waals surface area contributed by atoms with Crippen LogP contribution in [0.2, 0.25) is 0 Å². The van der Waals surface area contributed by atoms with Gasteiger partial charge in [0, 0.05) is 66.4 Å². The summed E-state index contributed by atoms with van der Waals surface area (Å²) in [6.07, 6.45) is 0. The SMILES string of the molecule is c1ccc(-n2c3ccccc3c3cc(-c4ccc(N(c5ccc(-c6ccc7c(c6)c6ccccc6n7-c6ccccc6)cc5)c5ccc(-c6ccc7c(c6)c6ccccc6n7-c6ccccc6)cc5)cc4)ccc32)cc1. The predicted molar refractivity (Wildman–Crippen MR) is 320 cm³/mol. The van der Waals surface area contributed by atoms with E-state index in [1.807, 2.05) is 0 Å². The van der Waals surface area contributed by atoms with Gasteiger partial charge in [-0.15, -0.1) is 0 Å². The fourth-order valence-corrected chi connectivity index (χ4v) is 11.9. The summed E-state index contributed by atoms with van der Waals surface area (Å²) in [6, 6.07) is 106. The van der Waals surface area contributed by atoms with E-state index in [4.69, 9.17) is 0 Å². The average molecular weight is 969 g/mol. The van der Waals surface area contributed by atoms with Crippen LogP contribution in [0.3, 0.4) is 0 Å². The van der Waals surface area contributed by atoms with Crippen LogP contribution in [0.5, 0.6) is 0 Å². The van der Waals surface area contributed by atoms with Gasteiger partial charge in [-0.2, -0.15) is 0 Å². The molecule has 356 valence electrons. The highest BCUT2D eigenvalue weighted by molar-refractivity contribution is 6.13. The maximum absolute atomic E-state index is 2.38. The summed E-state index contributed by atoms with van der Waals surface area (Å²) < 4.78 is 7.12. The first-order chi connectivity index (χ1) is 37.7. The lowest BCUT2D eigenvalue weighted by Gasteiger charge is -2.26. The van der Waals surface area contributed by atoms with Crippen LogP contribution >= 0.6 is 0 Å². The third kappa shape index (κ3) is 7.14. The molecule has 0 radical (unpaired) electrons. The second-order valence-corrected chi connectivity index (χ2v) is 19.7. The summed E-state index contributed by atoms with van der Waals surface area (Å²) >= 11 is 0. The van der Waals surface area contributed by atoms with Crippen LogP contribution in [0.15, 0.2) is 291 Å². The third-order valence-electron chi connectivity index (χ3n) is 15.4. The van der Waals surface area contributed by atoms with Crippen LogP contribution in [-0.4, -0.2) is 13.7 Å². The number of hydrogen-bond acceptors (Lipinski definition) is 1. The van der Waals surface area contributed by atoms with Gasteiger partial charge in [0.25, 0.3) is 0 Å². The third-order valence-corrected chi connectivity index (χ3v) is 15.4. The van der Waals surface area contributed by atoms with Crippen molar-refractivity contribution >= 4 is 82.5 Å². The molecule has 15 rings (SSSR count). The zero-order valence-electron chi connectivity index (χ0n) is 41.5. The molecular weight excluding hydrogens is 921 g/mol. The normalized spacial score (nSPS) is 11.7. The summed E-state index contributed by atoms with van der Waals surface area (Å²) in [7, 11) is 0. The highest BCUT2D eigenvalue weighted by Crippen LogP contribution is 2.42. The first-order valence-corrected chi connectivity index (χ1v) is 26.1. The minimum Gasteiger partial charge on any atom is -0.311 e. The molecule has 76 heavy (non-hydrogen) atoms. The largest absolute Gasteiger partial charge is 0.311 e. The lowest BCUT2D eigenvalue weighted by atomic mass is 10.0. The summed E-state index contributed by atoms with van der Waals surface area (Å²) in [5.41, 5.74) is 21.0. The summed E-state index contributed by atoms with van der Waals surface area (Å²) in [5, 5.41) is 7.46. The zero-order valence-corrected chi connectivity index (χ0v) is 41.5. The molecule has 15 aromatic rings. The maximum Gasteiger partial charge on any atom is 0.0541 e. The molecule has 0 atom stereocenters. The number of anilines is 3. The molecular formula is C72H48N4. The number of fused-ring (bicyclic) bond motifs is 9. The van der Waals surface area contributed by atoms with Crippen LogP contribution in [0.1, 0.15) is 0 Å². The van der Waals surface area contributed by atoms with Gasteiger partial charge in [0.2, 0.25) is 0 Å². The molecule has 3 aromatic heterocycles. The Kier molecular flexibility index (Phi) is 10.2. The molecule has 0 saturated heterocycles. The number of benzene rings is 12. The molecule has 0 aliphatic heterocycles. The molecule has 4 heteroatoms. The lowest BCUT2D eigenvalue weighted by Crippen LogP contribution is -2.09. The van der Waals surface area contributed by atoms with Crippen molar-refractivity contribution in [2.24, 2.45) is 0 Å². The Morgan fingerprint density at radius 3 is 0.711 bits per heavy atom. The van der Waals surface area contributed by atoms with Crippen molar-refractivity contribution in [2.45, 2.75) is 0 Å². The molecule has 0 bridgehead atoms. The smallest absolute Gasteiger partial charge is 0.0541 e. The summed E-state index contributed by atoms with van der Waals surface area (Å²) in [5.74, 6) is 0. The van der Waals surface area contributed by atoms with Crippen molar-refractivity contribution in [3.8, 4) is 50.4 Å². The molecule has 0 unspecified atom stereocenters. The van der Waals surface area contributed by atoms with Crippen LogP contribution in [0, 0.1) is 0 Å². The molecule has 0 spiro atoms. The van der Waals surface area contributed by atoms with Crippen molar-refractivity contribution in [3.63, 3.8) is 0 Å². The Labute approximate surface area is 440 Å². The van der Waals surface area contributed by atoms with E-state index in [-0.39, 0.29) is 0 Å². The molecule has 0 aliphatic rings. The quantitative estimate of drug-likeness (QED) is 0.141. The van der Waals surface area contributed by atoms with Crippen molar-refractivity contribution < 1.29 is 0 Å².